The van der Waals surface area contributed by atoms with Crippen molar-refractivity contribution in [1.82, 2.24) is 0 Å². The van der Waals surface area contributed by atoms with Crippen LogP contribution >= 0.6 is 11.6 Å². The van der Waals surface area contributed by atoms with Gasteiger partial charge in [0.25, 0.3) is 0 Å². The second kappa shape index (κ2) is 4.75. The Bertz CT molecular complexity index is 469. The maximum atomic E-state index is 12.0. The first-order chi connectivity index (χ1) is 7.76. The maximum Gasteiger partial charge on any atom is 0.573 e. The van der Waals surface area contributed by atoms with Crippen molar-refractivity contribution in [3.8, 4) is 5.75 Å². The first-order valence-corrected chi connectivity index (χ1v) is 4.68. The molecule has 0 atom stereocenters. The number of Topliss-reactive ketones (excluding diaryl/α,β-unsaturated/α-hetero) is 1. The number of alkyl halides is 3. The van der Waals surface area contributed by atoms with E-state index in [0.29, 0.717) is 0 Å². The Hall–Kier alpha value is -1.56. The third-order valence-corrected chi connectivity index (χ3v) is 2.27. The lowest BCUT2D eigenvalue weighted by Gasteiger charge is -2.12. The number of hydrogen-bond donors (Lipinski definition) is 0. The van der Waals surface area contributed by atoms with Crippen LogP contribution in [0.15, 0.2) is 12.1 Å². The maximum absolute atomic E-state index is 12.0. The van der Waals surface area contributed by atoms with E-state index in [9.17, 15) is 22.8 Å². The van der Waals surface area contributed by atoms with Gasteiger partial charge in [-0.1, -0.05) is 11.6 Å². The molecule has 92 valence electrons. The average molecular weight is 267 g/mol. The summed E-state index contributed by atoms with van der Waals surface area (Å²) in [6.07, 6.45) is -4.82. The van der Waals surface area contributed by atoms with Crippen molar-refractivity contribution in [2.75, 3.05) is 0 Å². The minimum absolute atomic E-state index is 0.0386. The molecule has 0 fully saturated rings. The summed E-state index contributed by atoms with van der Waals surface area (Å²) in [6.45, 7) is 1.18. The summed E-state index contributed by atoms with van der Waals surface area (Å²) in [7, 11) is 0. The monoisotopic (exact) mass is 266 g/mol. The zero-order valence-corrected chi connectivity index (χ0v) is 9.22. The van der Waals surface area contributed by atoms with E-state index in [1.54, 1.807) is 0 Å². The highest BCUT2D eigenvalue weighted by molar-refractivity contribution is 6.36. The highest BCUT2D eigenvalue weighted by Crippen LogP contribution is 2.32. The second-order valence-corrected chi connectivity index (χ2v) is 3.44. The van der Waals surface area contributed by atoms with Crippen molar-refractivity contribution in [2.24, 2.45) is 0 Å². The number of ether oxygens (including phenoxy) is 1. The van der Waals surface area contributed by atoms with Gasteiger partial charge in [-0.2, -0.15) is 0 Å². The Morgan fingerprint density at radius 3 is 2.41 bits per heavy atom. The molecule has 0 spiro atoms. The lowest BCUT2D eigenvalue weighted by atomic mass is 10.1. The molecule has 1 aromatic carbocycles. The van der Waals surface area contributed by atoms with E-state index >= 15 is 0 Å². The number of ketones is 1. The van der Waals surface area contributed by atoms with Gasteiger partial charge in [0.05, 0.1) is 10.6 Å². The molecule has 0 aliphatic rings. The summed E-state index contributed by atoms with van der Waals surface area (Å²) < 4.78 is 39.6. The first kappa shape index (κ1) is 13.5. The molecule has 0 amide bonds. The third-order valence-electron chi connectivity index (χ3n) is 1.86. The van der Waals surface area contributed by atoms with Gasteiger partial charge in [-0.25, -0.2) is 0 Å². The lowest BCUT2D eigenvalue weighted by molar-refractivity contribution is -0.274. The van der Waals surface area contributed by atoms with Crippen LogP contribution in [0.25, 0.3) is 0 Å². The number of hydrogen-bond acceptors (Lipinski definition) is 3. The van der Waals surface area contributed by atoms with E-state index in [1.165, 1.54) is 6.92 Å². The summed E-state index contributed by atoms with van der Waals surface area (Å²) in [5.74, 6) is -1.20. The minimum atomic E-state index is -4.93. The molecule has 1 aromatic rings. The Morgan fingerprint density at radius 2 is 2.00 bits per heavy atom. The molecule has 0 bridgehead atoms. The Morgan fingerprint density at radius 1 is 1.41 bits per heavy atom. The van der Waals surface area contributed by atoms with Crippen LogP contribution in [-0.4, -0.2) is 18.4 Å². The molecule has 7 heteroatoms. The fraction of sp³-hybridized carbons (Fsp3) is 0.200. The topological polar surface area (TPSA) is 43.4 Å². The van der Waals surface area contributed by atoms with Crippen molar-refractivity contribution >= 4 is 23.7 Å². The average Bonchev–Trinajstić information content (AvgIpc) is 2.15. The molecular formula is C10H6ClF3O3. The van der Waals surface area contributed by atoms with Gasteiger partial charge >= 0.3 is 6.36 Å². The normalized spacial score (nSPS) is 11.1. The molecule has 0 saturated heterocycles. The van der Waals surface area contributed by atoms with Crippen molar-refractivity contribution in [2.45, 2.75) is 13.3 Å². The molecule has 0 radical (unpaired) electrons. The number of carbonyl (C=O) groups is 2. The number of halogens is 4. The molecule has 0 unspecified atom stereocenters. The highest BCUT2D eigenvalue weighted by Gasteiger charge is 2.32. The Kier molecular flexibility index (Phi) is 3.77. The molecule has 0 N–H and O–H groups in total. The van der Waals surface area contributed by atoms with Crippen LogP contribution < -0.4 is 4.74 Å². The SMILES string of the molecule is CC(=O)c1ccc(OC(F)(F)F)c(C=O)c1Cl. The first-order valence-electron chi connectivity index (χ1n) is 4.30. The zero-order chi connectivity index (χ0) is 13.2. The minimum Gasteiger partial charge on any atom is -0.405 e. The van der Waals surface area contributed by atoms with Crippen LogP contribution in [0.2, 0.25) is 5.02 Å². The van der Waals surface area contributed by atoms with Gasteiger partial charge in [-0.3, -0.25) is 9.59 Å². The summed E-state index contributed by atoms with van der Waals surface area (Å²) in [4.78, 5) is 21.7. The number of carbonyl (C=O) groups excluding carboxylic acids is 2. The molecule has 1 rings (SSSR count). The quantitative estimate of drug-likeness (QED) is 0.623. The summed E-state index contributed by atoms with van der Waals surface area (Å²) in [5.41, 5.74) is -0.542. The van der Waals surface area contributed by atoms with Gasteiger partial charge in [0, 0.05) is 5.56 Å². The van der Waals surface area contributed by atoms with E-state index in [-0.39, 0.29) is 16.9 Å². The molecule has 0 saturated carbocycles. The van der Waals surface area contributed by atoms with Crippen molar-refractivity contribution in [3.63, 3.8) is 0 Å². The molecular weight excluding hydrogens is 261 g/mol. The van der Waals surface area contributed by atoms with Crippen LogP contribution in [0.4, 0.5) is 13.2 Å². The summed E-state index contributed by atoms with van der Waals surface area (Å²) >= 11 is 5.64. The van der Waals surface area contributed by atoms with Crippen LogP contribution in [0.1, 0.15) is 27.6 Å². The summed E-state index contributed by atoms with van der Waals surface area (Å²) in [5, 5.41) is -0.353. The van der Waals surface area contributed by atoms with Crippen molar-refractivity contribution in [3.05, 3.63) is 28.3 Å². The van der Waals surface area contributed by atoms with Crippen molar-refractivity contribution in [1.29, 1.82) is 0 Å². The number of benzene rings is 1. The molecule has 0 aliphatic heterocycles. The molecule has 3 nitrogen and oxygen atoms in total. The van der Waals surface area contributed by atoms with Crippen molar-refractivity contribution < 1.29 is 27.5 Å². The standard InChI is InChI=1S/C10H6ClF3O3/c1-5(16)6-2-3-8(17-10(12,13)14)7(4-15)9(6)11/h2-4H,1H3. The second-order valence-electron chi connectivity index (χ2n) is 3.06. The van der Waals surface area contributed by atoms with E-state index in [4.69, 9.17) is 11.6 Å². The fourth-order valence-corrected chi connectivity index (χ4v) is 1.50. The van der Waals surface area contributed by atoms with Crippen LogP contribution in [0, 0.1) is 0 Å². The van der Waals surface area contributed by atoms with Gasteiger partial charge in [0.2, 0.25) is 0 Å². The largest absolute Gasteiger partial charge is 0.573 e. The predicted molar refractivity (Wildman–Crippen MR) is 53.5 cm³/mol. The van der Waals surface area contributed by atoms with Crippen LogP contribution in [0.3, 0.4) is 0 Å². The van der Waals surface area contributed by atoms with E-state index in [1.807, 2.05) is 0 Å². The van der Waals surface area contributed by atoms with Gasteiger partial charge in [-0.15, -0.1) is 13.2 Å². The highest BCUT2D eigenvalue weighted by atomic mass is 35.5. The summed E-state index contributed by atoms with van der Waals surface area (Å²) in [6, 6.07) is 1.94. The zero-order valence-electron chi connectivity index (χ0n) is 8.47. The third kappa shape index (κ3) is 3.20. The molecule has 17 heavy (non-hydrogen) atoms. The van der Waals surface area contributed by atoms with E-state index in [0.717, 1.165) is 12.1 Å². The van der Waals surface area contributed by atoms with E-state index < -0.39 is 23.5 Å². The van der Waals surface area contributed by atoms with Gasteiger partial charge in [-0.05, 0) is 19.1 Å². The van der Waals surface area contributed by atoms with Gasteiger partial charge in [0.15, 0.2) is 12.1 Å². The lowest BCUT2D eigenvalue weighted by Crippen LogP contribution is -2.18. The molecule has 0 aromatic heterocycles. The van der Waals surface area contributed by atoms with Gasteiger partial charge in [0.1, 0.15) is 5.75 Å². The predicted octanol–water partition coefficient (Wildman–Crippen LogP) is 3.25. The Balaban J connectivity index is 3.31. The van der Waals surface area contributed by atoms with Crippen LogP contribution in [-0.2, 0) is 0 Å². The van der Waals surface area contributed by atoms with Gasteiger partial charge < -0.3 is 4.74 Å². The van der Waals surface area contributed by atoms with Crippen LogP contribution in [0.5, 0.6) is 5.75 Å². The molecule has 0 heterocycles. The smallest absolute Gasteiger partial charge is 0.405 e. The Labute approximate surface area is 99.1 Å². The fourth-order valence-electron chi connectivity index (χ4n) is 1.17. The molecule has 0 aliphatic carbocycles. The number of aldehydes is 1. The van der Waals surface area contributed by atoms with E-state index in [2.05, 4.69) is 4.74 Å². The number of rotatable bonds is 3.